The third-order valence-electron chi connectivity index (χ3n) is 15.4. The molecule has 2 unspecified atom stereocenters. The summed E-state index contributed by atoms with van der Waals surface area (Å²) < 4.78 is 22.7. The molecular weight excluding hydrogens is 983 g/mol. The molecular formula is C70H131NO8. The van der Waals surface area contributed by atoms with E-state index in [9.17, 15) is 19.5 Å². The number of nitrogens with zero attached hydrogens (tertiary/aromatic N) is 1. The van der Waals surface area contributed by atoms with Crippen molar-refractivity contribution in [3.63, 3.8) is 0 Å². The zero-order chi connectivity index (χ0) is 57.6. The second-order valence-corrected chi connectivity index (χ2v) is 24.5. The van der Waals surface area contributed by atoms with E-state index in [4.69, 9.17) is 18.9 Å². The SMILES string of the molecule is CCCCC/C=C\C/C=C\CCCCCCCCCC(=O)OC(COC(=O)CCCCCCCCCCCCCCCCCCCCCCCCCCC/C=C\CCCCCCCCCC)COC(OCC[N+](C)(C)C)C(=O)[O-]. The van der Waals surface area contributed by atoms with E-state index in [1.165, 1.54) is 250 Å². The van der Waals surface area contributed by atoms with Crippen LogP contribution in [-0.4, -0.2) is 82.3 Å². The van der Waals surface area contributed by atoms with Gasteiger partial charge in [-0.1, -0.05) is 288 Å². The average Bonchev–Trinajstić information content (AvgIpc) is 3.42. The van der Waals surface area contributed by atoms with E-state index in [0.717, 1.165) is 51.4 Å². The molecule has 79 heavy (non-hydrogen) atoms. The summed E-state index contributed by atoms with van der Waals surface area (Å²) in [5, 5.41) is 11.8. The maximum Gasteiger partial charge on any atom is 0.306 e. The van der Waals surface area contributed by atoms with E-state index in [1.807, 2.05) is 21.1 Å². The topological polar surface area (TPSA) is 111 Å². The average molecular weight is 1110 g/mol. The van der Waals surface area contributed by atoms with E-state index in [2.05, 4.69) is 50.3 Å². The fourth-order valence-corrected chi connectivity index (χ4v) is 10.1. The molecule has 0 aromatic heterocycles. The quantitative estimate of drug-likeness (QED) is 0.0195. The first kappa shape index (κ1) is 76.5. The number of quaternary nitrogens is 1. The van der Waals surface area contributed by atoms with Crippen LogP contribution in [0.25, 0.3) is 0 Å². The first-order valence-electron chi connectivity index (χ1n) is 34.1. The highest BCUT2D eigenvalue weighted by Gasteiger charge is 2.22. The van der Waals surface area contributed by atoms with Crippen molar-refractivity contribution in [1.29, 1.82) is 0 Å². The predicted octanol–water partition coefficient (Wildman–Crippen LogP) is 19.5. The van der Waals surface area contributed by atoms with Crippen LogP contribution in [0.1, 0.15) is 335 Å². The van der Waals surface area contributed by atoms with Crippen molar-refractivity contribution in [1.82, 2.24) is 0 Å². The lowest BCUT2D eigenvalue weighted by molar-refractivity contribution is -0.870. The summed E-state index contributed by atoms with van der Waals surface area (Å²) >= 11 is 0. The van der Waals surface area contributed by atoms with Gasteiger partial charge >= 0.3 is 11.9 Å². The minimum absolute atomic E-state index is 0.148. The lowest BCUT2D eigenvalue weighted by atomic mass is 10.0. The standard InChI is InChI=1S/C70H131NO8/c1-6-8-10-12-14-16-18-20-22-24-25-26-27-28-29-30-31-32-33-34-35-36-37-38-39-40-41-42-43-45-46-48-50-52-54-56-58-60-67(72)77-64-66(65-78-70(69(74)75)76-63-62-71(3,4)5)79-68(73)61-59-57-55-53-51-49-47-44-23-21-19-17-15-13-11-9-7-2/h15,17,21,23-25,66,70H,6-14,16,18-20,22,26-65H2,1-5H3/b17-15-,23-21-,25-24-. The highest BCUT2D eigenvalue weighted by molar-refractivity contribution is 5.70. The number of hydrogen-bond acceptors (Lipinski definition) is 8. The molecule has 0 aliphatic rings. The normalized spacial score (nSPS) is 12.9. The third-order valence-corrected chi connectivity index (χ3v) is 15.4. The van der Waals surface area contributed by atoms with Gasteiger partial charge in [0.15, 0.2) is 12.4 Å². The van der Waals surface area contributed by atoms with Gasteiger partial charge in [0, 0.05) is 12.8 Å². The van der Waals surface area contributed by atoms with Crippen LogP contribution in [0.4, 0.5) is 0 Å². The first-order chi connectivity index (χ1) is 38.6. The number of carbonyl (C=O) groups excluding carboxylic acids is 3. The van der Waals surface area contributed by atoms with Gasteiger partial charge in [0.25, 0.3) is 0 Å². The Bertz CT molecular complexity index is 1390. The Morgan fingerprint density at radius 3 is 1.04 bits per heavy atom. The van der Waals surface area contributed by atoms with E-state index in [1.54, 1.807) is 0 Å². The summed E-state index contributed by atoms with van der Waals surface area (Å²) in [4.78, 5) is 37.4. The van der Waals surface area contributed by atoms with Gasteiger partial charge in [-0.15, -0.1) is 0 Å². The van der Waals surface area contributed by atoms with Gasteiger partial charge in [0.2, 0.25) is 0 Å². The number of unbranched alkanes of at least 4 members (excludes halogenated alkanes) is 43. The minimum Gasteiger partial charge on any atom is -0.545 e. The predicted molar refractivity (Wildman–Crippen MR) is 334 cm³/mol. The highest BCUT2D eigenvalue weighted by atomic mass is 16.7. The van der Waals surface area contributed by atoms with Gasteiger partial charge in [-0.05, 0) is 70.6 Å². The molecule has 0 bridgehead atoms. The van der Waals surface area contributed by atoms with Crippen molar-refractivity contribution in [2.75, 3.05) is 47.5 Å². The van der Waals surface area contributed by atoms with Crippen LogP contribution >= 0.6 is 0 Å². The van der Waals surface area contributed by atoms with Gasteiger partial charge in [0.1, 0.15) is 13.2 Å². The fraction of sp³-hybridized carbons (Fsp3) is 0.871. The molecule has 464 valence electrons. The molecule has 0 aromatic carbocycles. The second-order valence-electron chi connectivity index (χ2n) is 24.5. The molecule has 9 nitrogen and oxygen atoms in total. The fourth-order valence-electron chi connectivity index (χ4n) is 10.1. The molecule has 0 spiro atoms. The Morgan fingerprint density at radius 1 is 0.380 bits per heavy atom. The Labute approximate surface area is 490 Å². The number of allylic oxidation sites excluding steroid dienone is 6. The Balaban J connectivity index is 3.96. The minimum atomic E-state index is -1.62. The number of carboxylic acid groups (broad SMARTS) is 1. The Kier molecular flexibility index (Phi) is 59.6. The van der Waals surface area contributed by atoms with E-state index >= 15 is 0 Å². The number of ether oxygens (including phenoxy) is 4. The van der Waals surface area contributed by atoms with Crippen LogP contribution < -0.4 is 5.11 Å². The number of rotatable bonds is 64. The van der Waals surface area contributed by atoms with Crippen molar-refractivity contribution < 1.29 is 42.9 Å². The Morgan fingerprint density at radius 2 is 0.684 bits per heavy atom. The number of hydrogen-bond donors (Lipinski definition) is 0. The summed E-state index contributed by atoms with van der Waals surface area (Å²) in [6.45, 7) is 4.76. The largest absolute Gasteiger partial charge is 0.545 e. The molecule has 0 fully saturated rings. The molecule has 0 saturated heterocycles. The van der Waals surface area contributed by atoms with Crippen molar-refractivity contribution >= 4 is 17.9 Å². The lowest BCUT2D eigenvalue weighted by Gasteiger charge is -2.26. The first-order valence-corrected chi connectivity index (χ1v) is 34.1. The maximum atomic E-state index is 12.9. The lowest BCUT2D eigenvalue weighted by Crippen LogP contribution is -2.44. The molecule has 0 aliphatic carbocycles. The molecule has 0 amide bonds. The van der Waals surface area contributed by atoms with Crippen molar-refractivity contribution in [2.24, 2.45) is 0 Å². The highest BCUT2D eigenvalue weighted by Crippen LogP contribution is 2.18. The number of aliphatic carboxylic acids is 1. The monoisotopic (exact) mass is 1110 g/mol. The number of carboxylic acids is 1. The number of esters is 2. The number of carbonyl (C=O) groups is 3. The van der Waals surface area contributed by atoms with Crippen LogP contribution in [0.2, 0.25) is 0 Å². The molecule has 2 atom stereocenters. The smallest absolute Gasteiger partial charge is 0.306 e. The molecule has 0 heterocycles. The van der Waals surface area contributed by atoms with Crippen molar-refractivity contribution in [2.45, 2.75) is 347 Å². The maximum absolute atomic E-state index is 12.9. The second kappa shape index (κ2) is 61.6. The van der Waals surface area contributed by atoms with Crippen molar-refractivity contribution in [3.05, 3.63) is 36.5 Å². The van der Waals surface area contributed by atoms with E-state index in [0.29, 0.717) is 23.9 Å². The van der Waals surface area contributed by atoms with Crippen LogP contribution in [0, 0.1) is 0 Å². The van der Waals surface area contributed by atoms with Crippen LogP contribution in [-0.2, 0) is 33.3 Å². The molecule has 0 rings (SSSR count). The molecule has 9 heteroatoms. The molecule has 0 N–H and O–H groups in total. The van der Waals surface area contributed by atoms with Crippen LogP contribution in [0.15, 0.2) is 36.5 Å². The summed E-state index contributed by atoms with van der Waals surface area (Å²) in [7, 11) is 5.93. The zero-order valence-corrected chi connectivity index (χ0v) is 53.0. The third kappa shape index (κ3) is 63.0. The molecule has 0 aliphatic heterocycles. The molecule has 0 aromatic rings. The van der Waals surface area contributed by atoms with Crippen molar-refractivity contribution in [3.8, 4) is 0 Å². The number of likely N-dealkylation sites (N-methyl/N-ethyl adjacent to an activating group) is 1. The summed E-state index contributed by atoms with van der Waals surface area (Å²) in [6.07, 6.45) is 73.9. The summed E-state index contributed by atoms with van der Waals surface area (Å²) in [5.41, 5.74) is 0. The van der Waals surface area contributed by atoms with Gasteiger partial charge in [-0.3, -0.25) is 9.59 Å². The van der Waals surface area contributed by atoms with Gasteiger partial charge in [-0.25, -0.2) is 0 Å². The van der Waals surface area contributed by atoms with Gasteiger partial charge < -0.3 is 33.3 Å². The van der Waals surface area contributed by atoms with E-state index < -0.39 is 24.3 Å². The zero-order valence-electron chi connectivity index (χ0n) is 53.0. The van der Waals surface area contributed by atoms with Gasteiger partial charge in [-0.2, -0.15) is 0 Å². The summed E-state index contributed by atoms with van der Waals surface area (Å²) in [5.74, 6) is -2.27. The molecule has 0 saturated carbocycles. The van der Waals surface area contributed by atoms with Crippen LogP contribution in [0.5, 0.6) is 0 Å². The summed E-state index contributed by atoms with van der Waals surface area (Å²) in [6, 6.07) is 0. The Hall–Kier alpha value is -2.49. The van der Waals surface area contributed by atoms with Crippen LogP contribution in [0.3, 0.4) is 0 Å². The van der Waals surface area contributed by atoms with Gasteiger partial charge in [0.05, 0.1) is 40.3 Å². The molecule has 0 radical (unpaired) electrons. The van der Waals surface area contributed by atoms with E-state index in [-0.39, 0.29) is 32.2 Å².